The molecule has 4 rings (SSSR count). The largest absolute Gasteiger partial charge is 0.484 e. The van der Waals surface area contributed by atoms with E-state index in [-0.39, 0.29) is 6.10 Å². The lowest BCUT2D eigenvalue weighted by Gasteiger charge is -2.24. The van der Waals surface area contributed by atoms with E-state index in [1.54, 1.807) is 0 Å². The van der Waals surface area contributed by atoms with Crippen molar-refractivity contribution in [2.24, 2.45) is 0 Å². The van der Waals surface area contributed by atoms with Crippen molar-refractivity contribution in [1.82, 2.24) is 4.90 Å². The number of fused-ring (bicyclic) bond motifs is 1. The van der Waals surface area contributed by atoms with E-state index in [0.29, 0.717) is 5.02 Å². The molecule has 0 aromatic heterocycles. The van der Waals surface area contributed by atoms with Crippen LogP contribution in [0.5, 0.6) is 5.75 Å². The second kappa shape index (κ2) is 7.56. The Morgan fingerprint density at radius 1 is 1.12 bits per heavy atom. The van der Waals surface area contributed by atoms with Gasteiger partial charge < -0.3 is 14.5 Å². The van der Waals surface area contributed by atoms with Crippen LogP contribution in [-0.4, -0.2) is 25.0 Å². The summed E-state index contributed by atoms with van der Waals surface area (Å²) in [5.41, 5.74) is 3.80. The average molecular weight is 367 g/mol. The summed E-state index contributed by atoms with van der Waals surface area (Å²) in [7, 11) is 2.16. The number of halogens is 1. The highest BCUT2D eigenvalue weighted by atomic mass is 35.5. The molecule has 2 aliphatic rings. The van der Waals surface area contributed by atoms with Crippen LogP contribution in [0.3, 0.4) is 0 Å². The van der Waals surface area contributed by atoms with Gasteiger partial charge in [-0.1, -0.05) is 42.0 Å². The lowest BCUT2D eigenvalue weighted by atomic mass is 10.00. The summed E-state index contributed by atoms with van der Waals surface area (Å²) in [6.07, 6.45) is 9.41. The lowest BCUT2D eigenvalue weighted by Crippen LogP contribution is -2.19. The zero-order chi connectivity index (χ0) is 17.9. The second-order valence-corrected chi connectivity index (χ2v) is 7.28. The Hall–Kier alpha value is -2.23. The molecule has 0 N–H and O–H groups in total. The standard InChI is InChI=1S/C22H23ClN2O/c1-24-14-11-21(26-22-8-4-3-7-20(22)23)19-10-9-18(15-17(19)16-24)25-12-5-2-6-13-25/h2-10,12,15,21H,11,13-14,16H2,1H3. The van der Waals surface area contributed by atoms with Gasteiger partial charge in [0.15, 0.2) is 0 Å². The predicted octanol–water partition coefficient (Wildman–Crippen LogP) is 5.19. The molecule has 2 aromatic carbocycles. The summed E-state index contributed by atoms with van der Waals surface area (Å²) in [6.45, 7) is 2.83. The summed E-state index contributed by atoms with van der Waals surface area (Å²) in [5, 5.41) is 0.661. The Labute approximate surface area is 160 Å². The highest BCUT2D eigenvalue weighted by Gasteiger charge is 2.24. The van der Waals surface area contributed by atoms with E-state index in [1.165, 1.54) is 16.8 Å². The topological polar surface area (TPSA) is 15.7 Å². The molecule has 2 heterocycles. The Bertz CT molecular complexity index is 846. The molecule has 1 unspecified atom stereocenters. The van der Waals surface area contributed by atoms with Crippen molar-refractivity contribution in [2.75, 3.05) is 25.0 Å². The number of nitrogens with zero attached hydrogens (tertiary/aromatic N) is 2. The summed E-state index contributed by atoms with van der Waals surface area (Å²) in [4.78, 5) is 4.61. The molecule has 0 saturated heterocycles. The van der Waals surface area contributed by atoms with Gasteiger partial charge in [0.2, 0.25) is 0 Å². The van der Waals surface area contributed by atoms with Crippen molar-refractivity contribution in [3.63, 3.8) is 0 Å². The molecule has 1 atom stereocenters. The van der Waals surface area contributed by atoms with Crippen LogP contribution in [0, 0.1) is 0 Å². The zero-order valence-electron chi connectivity index (χ0n) is 14.9. The molecule has 0 radical (unpaired) electrons. The summed E-state index contributed by atoms with van der Waals surface area (Å²) in [5.74, 6) is 0.753. The van der Waals surface area contributed by atoms with E-state index >= 15 is 0 Å². The number of allylic oxidation sites excluding steroid dienone is 2. The quantitative estimate of drug-likeness (QED) is 0.743. The van der Waals surface area contributed by atoms with Gasteiger partial charge in [0.1, 0.15) is 11.9 Å². The Morgan fingerprint density at radius 2 is 2.00 bits per heavy atom. The maximum atomic E-state index is 6.33. The maximum Gasteiger partial charge on any atom is 0.138 e. The van der Waals surface area contributed by atoms with Gasteiger partial charge in [-0.2, -0.15) is 0 Å². The monoisotopic (exact) mass is 366 g/mol. The number of hydrogen-bond donors (Lipinski definition) is 0. The minimum atomic E-state index is 0.0145. The third-order valence-corrected chi connectivity index (χ3v) is 5.25. The average Bonchev–Trinajstić information content (AvgIpc) is 2.82. The number of hydrogen-bond acceptors (Lipinski definition) is 3. The first kappa shape index (κ1) is 17.2. The van der Waals surface area contributed by atoms with Crippen LogP contribution in [0.1, 0.15) is 23.7 Å². The molecule has 0 fully saturated rings. The van der Waals surface area contributed by atoms with Gasteiger partial charge in [-0.3, -0.25) is 0 Å². The summed E-state index contributed by atoms with van der Waals surface area (Å²) < 4.78 is 6.33. The molecule has 26 heavy (non-hydrogen) atoms. The van der Waals surface area contributed by atoms with Crippen LogP contribution >= 0.6 is 11.6 Å². The normalized spacial score (nSPS) is 19.9. The van der Waals surface area contributed by atoms with Crippen molar-refractivity contribution in [3.8, 4) is 5.75 Å². The molecule has 0 bridgehead atoms. The van der Waals surface area contributed by atoms with E-state index < -0.39 is 0 Å². The van der Waals surface area contributed by atoms with Gasteiger partial charge >= 0.3 is 0 Å². The Kier molecular flexibility index (Phi) is 5.00. The number of anilines is 1. The molecule has 4 heteroatoms. The van der Waals surface area contributed by atoms with Gasteiger partial charge in [-0.15, -0.1) is 0 Å². The van der Waals surface area contributed by atoms with Crippen LogP contribution in [0.25, 0.3) is 0 Å². The molecule has 0 aliphatic carbocycles. The first-order valence-corrected chi connectivity index (χ1v) is 9.41. The second-order valence-electron chi connectivity index (χ2n) is 6.87. The van der Waals surface area contributed by atoms with Crippen molar-refractivity contribution < 1.29 is 4.74 Å². The molecular weight excluding hydrogens is 344 g/mol. The van der Waals surface area contributed by atoms with Gasteiger partial charge in [0.25, 0.3) is 0 Å². The number of para-hydroxylation sites is 1. The third-order valence-electron chi connectivity index (χ3n) is 4.94. The fraction of sp³-hybridized carbons (Fsp3) is 0.273. The molecular formula is C22H23ClN2O. The number of rotatable bonds is 3. The highest BCUT2D eigenvalue weighted by Crippen LogP contribution is 2.35. The zero-order valence-corrected chi connectivity index (χ0v) is 15.7. The van der Waals surface area contributed by atoms with Crippen molar-refractivity contribution >= 4 is 17.3 Å². The van der Waals surface area contributed by atoms with Crippen LogP contribution in [-0.2, 0) is 6.54 Å². The molecule has 0 saturated carbocycles. The lowest BCUT2D eigenvalue weighted by molar-refractivity contribution is 0.183. The molecule has 2 aromatic rings. The first-order chi connectivity index (χ1) is 12.7. The number of ether oxygens (including phenoxy) is 1. The van der Waals surface area contributed by atoms with Crippen LogP contribution in [0.15, 0.2) is 66.9 Å². The van der Waals surface area contributed by atoms with Gasteiger partial charge in [-0.05, 0) is 48.5 Å². The minimum Gasteiger partial charge on any atom is -0.484 e. The predicted molar refractivity (Wildman–Crippen MR) is 108 cm³/mol. The van der Waals surface area contributed by atoms with Crippen molar-refractivity contribution in [2.45, 2.75) is 19.1 Å². The van der Waals surface area contributed by atoms with Crippen LogP contribution < -0.4 is 9.64 Å². The van der Waals surface area contributed by atoms with Crippen LogP contribution in [0.2, 0.25) is 5.02 Å². The van der Waals surface area contributed by atoms with E-state index in [4.69, 9.17) is 16.3 Å². The molecule has 134 valence electrons. The van der Waals surface area contributed by atoms with Crippen molar-refractivity contribution in [3.05, 3.63) is 83.0 Å². The Balaban J connectivity index is 1.65. The van der Waals surface area contributed by atoms with Gasteiger partial charge in [0.05, 0.1) is 5.02 Å². The SMILES string of the molecule is CN1CCC(Oc2ccccc2Cl)c2ccc(N3C=CC=CC3)cc2C1. The number of benzene rings is 2. The minimum absolute atomic E-state index is 0.0145. The first-order valence-electron chi connectivity index (χ1n) is 9.03. The summed E-state index contributed by atoms with van der Waals surface area (Å²) >= 11 is 6.31. The van der Waals surface area contributed by atoms with E-state index in [0.717, 1.165) is 31.8 Å². The van der Waals surface area contributed by atoms with E-state index in [9.17, 15) is 0 Å². The smallest absolute Gasteiger partial charge is 0.138 e. The molecule has 3 nitrogen and oxygen atoms in total. The van der Waals surface area contributed by atoms with Gasteiger partial charge in [0, 0.05) is 37.9 Å². The third kappa shape index (κ3) is 3.64. The van der Waals surface area contributed by atoms with E-state index in [2.05, 4.69) is 59.5 Å². The molecule has 0 spiro atoms. The Morgan fingerprint density at radius 3 is 2.81 bits per heavy atom. The fourth-order valence-electron chi connectivity index (χ4n) is 3.56. The molecule has 2 aliphatic heterocycles. The van der Waals surface area contributed by atoms with Gasteiger partial charge in [-0.25, -0.2) is 0 Å². The highest BCUT2D eigenvalue weighted by molar-refractivity contribution is 6.32. The summed E-state index contributed by atoms with van der Waals surface area (Å²) in [6, 6.07) is 14.4. The maximum absolute atomic E-state index is 6.33. The fourth-order valence-corrected chi connectivity index (χ4v) is 3.74. The van der Waals surface area contributed by atoms with E-state index in [1.807, 2.05) is 24.3 Å². The molecule has 0 amide bonds. The van der Waals surface area contributed by atoms with Crippen LogP contribution in [0.4, 0.5) is 5.69 Å². The van der Waals surface area contributed by atoms with Crippen molar-refractivity contribution in [1.29, 1.82) is 0 Å².